The van der Waals surface area contributed by atoms with E-state index in [0.717, 1.165) is 38.5 Å². The highest BCUT2D eigenvalue weighted by atomic mass is 32.1. The summed E-state index contributed by atoms with van der Waals surface area (Å²) in [5.41, 5.74) is 0. The van der Waals surface area contributed by atoms with Crippen molar-refractivity contribution in [1.29, 1.82) is 0 Å². The number of nitrogens with one attached hydrogen (secondary N) is 3. The SMILES string of the molecule is O=C(C[NH+]1CC[NH+](Cc2ccco2)CC1)Nc1nccs1. The average molecular weight is 308 g/mol. The zero-order valence-corrected chi connectivity index (χ0v) is 12.6. The number of rotatable bonds is 5. The summed E-state index contributed by atoms with van der Waals surface area (Å²) in [5, 5.41) is 5.38. The van der Waals surface area contributed by atoms with E-state index in [9.17, 15) is 4.79 Å². The number of amides is 1. The summed E-state index contributed by atoms with van der Waals surface area (Å²) in [4.78, 5) is 18.9. The number of aromatic nitrogens is 1. The molecule has 112 valence electrons. The van der Waals surface area contributed by atoms with Crippen molar-refractivity contribution in [3.63, 3.8) is 0 Å². The van der Waals surface area contributed by atoms with Gasteiger partial charge in [0.15, 0.2) is 17.4 Å². The maximum absolute atomic E-state index is 11.9. The summed E-state index contributed by atoms with van der Waals surface area (Å²) in [6, 6.07) is 3.95. The molecule has 21 heavy (non-hydrogen) atoms. The molecule has 0 aliphatic carbocycles. The molecule has 1 fully saturated rings. The monoisotopic (exact) mass is 308 g/mol. The number of carbonyl (C=O) groups is 1. The van der Waals surface area contributed by atoms with Crippen LogP contribution in [0.2, 0.25) is 0 Å². The second kappa shape index (κ2) is 6.84. The van der Waals surface area contributed by atoms with Gasteiger partial charge in [-0.1, -0.05) is 0 Å². The van der Waals surface area contributed by atoms with Crippen LogP contribution < -0.4 is 15.1 Å². The van der Waals surface area contributed by atoms with Gasteiger partial charge in [0.25, 0.3) is 5.91 Å². The van der Waals surface area contributed by atoms with Gasteiger partial charge in [0.1, 0.15) is 32.7 Å². The van der Waals surface area contributed by atoms with Crippen LogP contribution in [0.25, 0.3) is 0 Å². The highest BCUT2D eigenvalue weighted by molar-refractivity contribution is 7.13. The molecular weight excluding hydrogens is 288 g/mol. The second-order valence-electron chi connectivity index (χ2n) is 5.32. The molecule has 6 nitrogen and oxygen atoms in total. The van der Waals surface area contributed by atoms with Gasteiger partial charge in [-0.05, 0) is 12.1 Å². The van der Waals surface area contributed by atoms with E-state index in [0.29, 0.717) is 11.7 Å². The van der Waals surface area contributed by atoms with E-state index in [2.05, 4.69) is 10.3 Å². The Labute approximate surface area is 127 Å². The first-order valence-electron chi connectivity index (χ1n) is 7.18. The Kier molecular flexibility index (Phi) is 4.64. The summed E-state index contributed by atoms with van der Waals surface area (Å²) in [6.45, 7) is 5.63. The molecule has 0 saturated carbocycles. The van der Waals surface area contributed by atoms with Crippen LogP contribution in [-0.2, 0) is 11.3 Å². The highest BCUT2D eigenvalue weighted by Gasteiger charge is 2.25. The lowest BCUT2D eigenvalue weighted by Crippen LogP contribution is -3.28. The predicted molar refractivity (Wildman–Crippen MR) is 79.4 cm³/mol. The van der Waals surface area contributed by atoms with Crippen molar-refractivity contribution in [3.05, 3.63) is 35.7 Å². The lowest BCUT2D eigenvalue weighted by molar-refractivity contribution is -1.02. The molecule has 1 saturated heterocycles. The number of piperazine rings is 1. The van der Waals surface area contributed by atoms with Crippen LogP contribution in [0, 0.1) is 0 Å². The number of hydrogen-bond acceptors (Lipinski definition) is 4. The van der Waals surface area contributed by atoms with Crippen LogP contribution in [0.15, 0.2) is 34.4 Å². The third kappa shape index (κ3) is 4.13. The zero-order valence-electron chi connectivity index (χ0n) is 11.8. The number of quaternary nitrogens is 2. The van der Waals surface area contributed by atoms with E-state index in [4.69, 9.17) is 4.42 Å². The fourth-order valence-electron chi connectivity index (χ4n) is 2.65. The number of thiazole rings is 1. The van der Waals surface area contributed by atoms with Crippen molar-refractivity contribution in [2.45, 2.75) is 6.54 Å². The minimum Gasteiger partial charge on any atom is -0.463 e. The van der Waals surface area contributed by atoms with Crippen LogP contribution in [0.1, 0.15) is 5.76 Å². The van der Waals surface area contributed by atoms with Gasteiger partial charge >= 0.3 is 0 Å². The van der Waals surface area contributed by atoms with Crippen LogP contribution in [0.5, 0.6) is 0 Å². The number of carbonyl (C=O) groups excluding carboxylic acids is 1. The quantitative estimate of drug-likeness (QED) is 0.640. The van der Waals surface area contributed by atoms with Gasteiger partial charge in [0.2, 0.25) is 0 Å². The molecule has 3 N–H and O–H groups in total. The fraction of sp³-hybridized carbons (Fsp3) is 0.429. The summed E-state index contributed by atoms with van der Waals surface area (Å²) in [7, 11) is 0. The fourth-order valence-corrected chi connectivity index (χ4v) is 3.19. The van der Waals surface area contributed by atoms with Crippen LogP contribution in [0.4, 0.5) is 5.13 Å². The van der Waals surface area contributed by atoms with Gasteiger partial charge in [-0.15, -0.1) is 11.3 Å². The maximum atomic E-state index is 11.9. The van der Waals surface area contributed by atoms with E-state index in [1.54, 1.807) is 12.5 Å². The lowest BCUT2D eigenvalue weighted by Gasteiger charge is -2.28. The highest BCUT2D eigenvalue weighted by Crippen LogP contribution is 2.09. The van der Waals surface area contributed by atoms with Crippen molar-refractivity contribution in [3.8, 4) is 0 Å². The smallest absolute Gasteiger partial charge is 0.281 e. The van der Waals surface area contributed by atoms with Gasteiger partial charge in [-0.25, -0.2) is 4.98 Å². The Balaban J connectivity index is 1.40. The summed E-state index contributed by atoms with van der Waals surface area (Å²) >= 11 is 1.45. The van der Waals surface area contributed by atoms with E-state index < -0.39 is 0 Å². The Morgan fingerprint density at radius 1 is 1.33 bits per heavy atom. The van der Waals surface area contributed by atoms with E-state index in [1.165, 1.54) is 21.1 Å². The third-order valence-electron chi connectivity index (χ3n) is 3.76. The van der Waals surface area contributed by atoms with Gasteiger partial charge in [-0.2, -0.15) is 0 Å². The van der Waals surface area contributed by atoms with Crippen molar-refractivity contribution in [2.75, 3.05) is 38.0 Å². The first-order chi connectivity index (χ1) is 10.3. The van der Waals surface area contributed by atoms with E-state index in [-0.39, 0.29) is 5.91 Å². The molecule has 0 atom stereocenters. The van der Waals surface area contributed by atoms with Gasteiger partial charge < -0.3 is 14.2 Å². The summed E-state index contributed by atoms with van der Waals surface area (Å²) in [6.07, 6.45) is 3.42. The minimum absolute atomic E-state index is 0.0504. The van der Waals surface area contributed by atoms with E-state index in [1.807, 2.05) is 17.5 Å². The molecular formula is C14H20N4O2S+2. The molecule has 7 heteroatoms. The normalized spacial score (nSPS) is 22.1. The van der Waals surface area contributed by atoms with Crippen LogP contribution in [-0.4, -0.2) is 43.6 Å². The number of anilines is 1. The van der Waals surface area contributed by atoms with Gasteiger partial charge in [0.05, 0.1) is 6.26 Å². The van der Waals surface area contributed by atoms with Crippen molar-refractivity contribution >= 4 is 22.4 Å². The molecule has 0 aromatic carbocycles. The first kappa shape index (κ1) is 14.2. The standard InChI is InChI=1S/C14H18N4O2S/c19-13(16-14-15-3-9-21-14)11-18-6-4-17(5-7-18)10-12-2-1-8-20-12/h1-3,8-9H,4-7,10-11H2,(H,15,16,19)/p+2. The minimum atomic E-state index is 0.0504. The zero-order chi connectivity index (χ0) is 14.5. The maximum Gasteiger partial charge on any atom is 0.281 e. The molecule has 2 aromatic heterocycles. The Bertz CT molecular complexity index is 548. The molecule has 0 bridgehead atoms. The molecule has 0 spiro atoms. The largest absolute Gasteiger partial charge is 0.463 e. The van der Waals surface area contributed by atoms with Crippen LogP contribution in [0.3, 0.4) is 0 Å². The predicted octanol–water partition coefficient (Wildman–Crippen LogP) is -1.34. The Morgan fingerprint density at radius 2 is 2.14 bits per heavy atom. The van der Waals surface area contributed by atoms with Crippen molar-refractivity contribution in [1.82, 2.24) is 4.98 Å². The molecule has 0 radical (unpaired) electrons. The molecule has 0 unspecified atom stereocenters. The van der Waals surface area contributed by atoms with Crippen molar-refractivity contribution in [2.24, 2.45) is 0 Å². The average Bonchev–Trinajstić information content (AvgIpc) is 3.14. The molecule has 1 amide bonds. The molecule has 1 aliphatic rings. The lowest BCUT2D eigenvalue weighted by atomic mass is 10.3. The molecule has 1 aliphatic heterocycles. The van der Waals surface area contributed by atoms with Gasteiger partial charge in [-0.3, -0.25) is 10.1 Å². The third-order valence-corrected chi connectivity index (χ3v) is 4.45. The summed E-state index contributed by atoms with van der Waals surface area (Å²) < 4.78 is 5.39. The van der Waals surface area contributed by atoms with Gasteiger partial charge in [0, 0.05) is 11.6 Å². The Hall–Kier alpha value is -1.70. The first-order valence-corrected chi connectivity index (χ1v) is 8.06. The van der Waals surface area contributed by atoms with Crippen molar-refractivity contribution < 1.29 is 19.0 Å². The Morgan fingerprint density at radius 3 is 2.81 bits per heavy atom. The summed E-state index contributed by atoms with van der Waals surface area (Å²) in [5.74, 6) is 1.09. The topological polar surface area (TPSA) is 64.0 Å². The van der Waals surface area contributed by atoms with E-state index >= 15 is 0 Å². The number of furan rings is 1. The second-order valence-corrected chi connectivity index (χ2v) is 6.21. The molecule has 2 aromatic rings. The number of hydrogen-bond donors (Lipinski definition) is 3. The number of nitrogens with zero attached hydrogens (tertiary/aromatic N) is 1. The van der Waals surface area contributed by atoms with Crippen LogP contribution >= 0.6 is 11.3 Å². The molecule has 3 rings (SSSR count). The molecule has 3 heterocycles.